The molecule has 0 saturated carbocycles. The molecule has 0 saturated heterocycles. The van der Waals surface area contributed by atoms with E-state index >= 15 is 0 Å². The second-order valence-corrected chi connectivity index (χ2v) is 41.6. The van der Waals surface area contributed by atoms with Crippen LogP contribution in [0.5, 0.6) is 0 Å². The maximum atomic E-state index is 13.0. The summed E-state index contributed by atoms with van der Waals surface area (Å²) in [6.07, 6.45) is 1.63. The van der Waals surface area contributed by atoms with E-state index in [2.05, 4.69) is 18.9 Å². The fraction of sp³-hybridized carbons (Fsp3) is 0.209. The van der Waals surface area contributed by atoms with E-state index in [9.17, 15) is 63.1 Å². The van der Waals surface area contributed by atoms with Crippen LogP contribution >= 0.6 is 80.1 Å². The maximum Gasteiger partial charge on any atom is 0.324 e. The normalized spacial score (nSPS) is 13.3. The Morgan fingerprint density at radius 1 is 0.322 bits per heavy atom. The zero-order valence-electron chi connectivity index (χ0n) is 65.8. The quantitative estimate of drug-likeness (QED) is 0.0306. The number of esters is 2. The lowest BCUT2D eigenvalue weighted by Crippen LogP contribution is -2.44. The van der Waals surface area contributed by atoms with Crippen LogP contribution in [0, 0.1) is 23.7 Å². The fourth-order valence-electron chi connectivity index (χ4n) is 13.2. The molecule has 121 heavy (non-hydrogen) atoms. The van der Waals surface area contributed by atoms with Crippen LogP contribution in [0.2, 0.25) is 15.7 Å². The molecule has 0 bridgehead atoms. The summed E-state index contributed by atoms with van der Waals surface area (Å²) in [6, 6.07) is 52.8. The lowest BCUT2D eigenvalue weighted by atomic mass is 10.1. The molecule has 6 N–H and O–H groups in total. The first-order chi connectivity index (χ1) is 57.3. The Balaban J connectivity index is 0.000000139. The highest BCUT2D eigenvalue weighted by Crippen LogP contribution is 2.43. The largest absolute Gasteiger partial charge is 0.480 e. The molecule has 0 aliphatic rings. The van der Waals surface area contributed by atoms with Crippen molar-refractivity contribution in [3.8, 4) is 45.3 Å². The Morgan fingerprint density at radius 3 is 0.793 bits per heavy atom. The smallest absolute Gasteiger partial charge is 0.324 e. The van der Waals surface area contributed by atoms with Gasteiger partial charge in [0.05, 0.1) is 40.1 Å². The number of hydrogen-bond acceptors (Lipinski definition) is 22. The van der Waals surface area contributed by atoms with Gasteiger partial charge in [0.15, 0.2) is 15.7 Å². The first-order valence-corrected chi connectivity index (χ1v) is 47.5. The molecule has 8 aromatic carbocycles. The standard InChI is InChI=1S/C22H20ClNO5S2.C22H21NO5S2.2C21H18ClNO5S2/c1-12(2)21(22(25)28-3)24-31(26,27)14-5-8-18-16(11-14)15-6-4-13(10-19(15)30-18)17-7-9-20(23)29-17;1-13(2)21(22(24)27-3)23-30(25,26)15-7-9-19-17(12-15)16-8-6-14(11-20(16)29-19)18-5-4-10-28-18;2*1-11(2)20(21(24)25)23-30(26,27)13-4-7-17-15(10-13)14-5-3-12(9-18(14)29-17)16-6-8-19(22)28-16/h4-12,21,24H,1-3H3;4-13,21,23H,1-3H3;2*3-11,20,23H,1-2H3,(H,24,25)/t2*21-;2*20-/m1111/s1. The molecule has 0 radical (unpaired) electrons. The molecule has 16 aromatic rings. The molecular weight excluding hydrogens is 1770 g/mol. The number of ether oxygens (including phenoxy) is 2. The highest BCUT2D eigenvalue weighted by Gasteiger charge is 2.34. The summed E-state index contributed by atoms with van der Waals surface area (Å²) in [5, 5.41) is 26.5. The molecule has 630 valence electrons. The average Bonchev–Trinajstić information content (AvgIpc) is 1.64. The van der Waals surface area contributed by atoms with Crippen LogP contribution in [0.3, 0.4) is 0 Å². The number of carboxylic acid groups (broad SMARTS) is 2. The van der Waals surface area contributed by atoms with Crippen molar-refractivity contribution in [2.45, 2.75) is 99.1 Å². The number of aliphatic carboxylic acids is 2. The number of fused-ring (bicyclic) bond motifs is 12. The summed E-state index contributed by atoms with van der Waals surface area (Å²) in [7, 11) is -13.3. The van der Waals surface area contributed by atoms with Crippen molar-refractivity contribution in [3.63, 3.8) is 0 Å². The van der Waals surface area contributed by atoms with Crippen molar-refractivity contribution in [2.24, 2.45) is 23.7 Å². The molecule has 16 rings (SSSR count). The van der Waals surface area contributed by atoms with E-state index in [0.717, 1.165) is 109 Å². The first kappa shape index (κ1) is 88.9. The molecule has 0 spiro atoms. The monoisotopic (exact) mass is 1850 g/mol. The van der Waals surface area contributed by atoms with Crippen molar-refractivity contribution in [1.29, 1.82) is 0 Å². The fourth-order valence-corrected chi connectivity index (χ4v) is 23.6. The number of methoxy groups -OCH3 is 2. The molecule has 8 heterocycles. The molecule has 8 aromatic heterocycles. The third-order valence-electron chi connectivity index (χ3n) is 19.6. The lowest BCUT2D eigenvalue weighted by Gasteiger charge is -2.19. The van der Waals surface area contributed by atoms with E-state index in [1.54, 1.807) is 181 Å². The number of carbonyl (C=O) groups is 4. The zero-order valence-corrected chi connectivity index (χ0v) is 74.6. The highest BCUT2D eigenvalue weighted by atomic mass is 35.5. The Kier molecular flexibility index (Phi) is 26.7. The van der Waals surface area contributed by atoms with Crippen LogP contribution < -0.4 is 18.9 Å². The Labute approximate surface area is 726 Å². The summed E-state index contributed by atoms with van der Waals surface area (Å²) in [5.74, 6) is -2.19. The van der Waals surface area contributed by atoms with Crippen LogP contribution in [0.1, 0.15) is 55.4 Å². The molecule has 24 nitrogen and oxygen atoms in total. The van der Waals surface area contributed by atoms with Crippen LogP contribution in [0.4, 0.5) is 0 Å². The van der Waals surface area contributed by atoms with Crippen molar-refractivity contribution < 1.29 is 90.2 Å². The van der Waals surface area contributed by atoms with Crippen molar-refractivity contribution >= 4 is 225 Å². The molecule has 35 heteroatoms. The van der Waals surface area contributed by atoms with Crippen molar-refractivity contribution in [1.82, 2.24) is 18.9 Å². The van der Waals surface area contributed by atoms with Gasteiger partial charge in [0, 0.05) is 103 Å². The molecule has 0 fully saturated rings. The average molecular weight is 1850 g/mol. The second-order valence-electron chi connectivity index (χ2n) is 29.3. The number of sulfonamides is 4. The SMILES string of the molecule is CC(C)[C@@H](NS(=O)(=O)c1ccc2sc3cc(-c4ccc(Cl)o4)ccc3c2c1)C(=O)O.CC(C)[C@@H](NS(=O)(=O)c1ccc2sc3cc(-c4ccc(Cl)o4)ccc3c2c1)C(=O)O.COC(=O)[C@H](NS(=O)(=O)c1ccc2sc3cc(-c4ccc(Cl)o4)ccc3c2c1)C(C)C.COC(=O)[C@H](NS(=O)(=O)c1ccc2sc3cc(-c4ccco4)ccc3c2c1)C(C)C. The van der Waals surface area contributed by atoms with Gasteiger partial charge in [-0.2, -0.15) is 18.9 Å². The summed E-state index contributed by atoms with van der Waals surface area (Å²) in [5.41, 5.74) is 3.60. The van der Waals surface area contributed by atoms with Gasteiger partial charge in [0.25, 0.3) is 0 Å². The molecule has 0 unspecified atom stereocenters. The third-order valence-corrected chi connectivity index (χ3v) is 30.5. The molecular formula is C86H77Cl3N4O20S8. The number of carbonyl (C=O) groups excluding carboxylic acids is 2. The number of halogens is 3. The van der Waals surface area contributed by atoms with Gasteiger partial charge in [0.1, 0.15) is 47.2 Å². The van der Waals surface area contributed by atoms with E-state index in [0.29, 0.717) is 32.9 Å². The topological polar surface area (TPSA) is 364 Å². The Morgan fingerprint density at radius 2 is 0.579 bits per heavy atom. The summed E-state index contributed by atoms with van der Waals surface area (Å²) < 4.78 is 152. The Bertz CT molecular complexity index is 6930. The minimum Gasteiger partial charge on any atom is -0.480 e. The van der Waals surface area contributed by atoms with Gasteiger partial charge in [0.2, 0.25) is 40.1 Å². The van der Waals surface area contributed by atoms with E-state index in [-0.39, 0.29) is 31.4 Å². The van der Waals surface area contributed by atoms with Gasteiger partial charge in [-0.25, -0.2) is 33.7 Å². The summed E-state index contributed by atoms with van der Waals surface area (Å²) in [4.78, 5) is 47.1. The molecule has 0 amide bonds. The van der Waals surface area contributed by atoms with E-state index in [1.807, 2.05) is 84.9 Å². The number of nitrogens with one attached hydrogen (secondary N) is 4. The predicted octanol–water partition coefficient (Wildman–Crippen LogP) is 20.9. The third kappa shape index (κ3) is 19.6. The highest BCUT2D eigenvalue weighted by molar-refractivity contribution is 7.90. The Hall–Kier alpha value is -9.85. The number of carboxylic acids is 2. The molecule has 4 atom stereocenters. The molecule has 0 aliphatic carbocycles. The van der Waals surface area contributed by atoms with E-state index < -0.39 is 100.0 Å². The van der Waals surface area contributed by atoms with Crippen LogP contribution in [-0.4, -0.2) is 106 Å². The van der Waals surface area contributed by atoms with Gasteiger partial charge >= 0.3 is 23.9 Å². The van der Waals surface area contributed by atoms with E-state index in [1.165, 1.54) is 49.0 Å². The van der Waals surface area contributed by atoms with E-state index in [4.69, 9.17) is 61.9 Å². The zero-order chi connectivity index (χ0) is 87.1. The summed E-state index contributed by atoms with van der Waals surface area (Å²) >= 11 is 23.8. The van der Waals surface area contributed by atoms with Crippen molar-refractivity contribution in [3.05, 3.63) is 216 Å². The van der Waals surface area contributed by atoms with Gasteiger partial charge in [-0.15, -0.1) is 45.3 Å². The van der Waals surface area contributed by atoms with Gasteiger partial charge in [-0.3, -0.25) is 19.2 Å². The predicted molar refractivity (Wildman–Crippen MR) is 478 cm³/mol. The minimum atomic E-state index is -3.99. The second kappa shape index (κ2) is 36.3. The number of hydrogen-bond donors (Lipinski definition) is 6. The van der Waals surface area contributed by atoms with Crippen LogP contribution in [0.25, 0.3) is 126 Å². The lowest BCUT2D eigenvalue weighted by molar-refractivity contribution is -0.144. The van der Waals surface area contributed by atoms with Crippen LogP contribution in [0.15, 0.2) is 238 Å². The van der Waals surface area contributed by atoms with Crippen molar-refractivity contribution in [2.75, 3.05) is 14.2 Å². The summed E-state index contributed by atoms with van der Waals surface area (Å²) in [6.45, 7) is 13.6. The number of benzene rings is 8. The van der Waals surface area contributed by atoms with Gasteiger partial charge < -0.3 is 37.4 Å². The number of furan rings is 4. The molecule has 0 aliphatic heterocycles. The van der Waals surface area contributed by atoms with Gasteiger partial charge in [-0.05, 0) is 204 Å². The first-order valence-electron chi connectivity index (χ1n) is 37.2. The van der Waals surface area contributed by atoms with Crippen LogP contribution in [-0.2, 0) is 68.7 Å². The number of thiophene rings is 4. The minimum absolute atomic E-state index is 0.0310. The maximum absolute atomic E-state index is 13.0. The number of rotatable bonds is 24. The van der Waals surface area contributed by atoms with Gasteiger partial charge in [-0.1, -0.05) is 104 Å².